The molecule has 0 aliphatic carbocycles. The molecule has 2 saturated heterocycles. The van der Waals surface area contributed by atoms with E-state index < -0.39 is 11.6 Å². The maximum absolute atomic E-state index is 12.1. The Morgan fingerprint density at radius 3 is 2.26 bits per heavy atom. The molecular weight excluding hydrogens is 348 g/mol. The van der Waals surface area contributed by atoms with Gasteiger partial charge in [-0.15, -0.1) is 0 Å². The third kappa shape index (κ3) is 4.77. The topological polar surface area (TPSA) is 91.0 Å². The number of amides is 3. The van der Waals surface area contributed by atoms with Gasteiger partial charge in [0.2, 0.25) is 11.8 Å². The molecule has 146 valence electrons. The lowest BCUT2D eigenvalue weighted by Gasteiger charge is -2.36. The van der Waals surface area contributed by atoms with Gasteiger partial charge in [0.1, 0.15) is 11.6 Å². The summed E-state index contributed by atoms with van der Waals surface area (Å²) in [6.07, 6.45) is -0.276. The van der Waals surface area contributed by atoms with Crippen LogP contribution in [-0.4, -0.2) is 61.1 Å². The second-order valence-electron chi connectivity index (χ2n) is 7.77. The highest BCUT2D eigenvalue weighted by atomic mass is 16.6. The highest BCUT2D eigenvalue weighted by Crippen LogP contribution is 2.22. The van der Waals surface area contributed by atoms with Gasteiger partial charge in [-0.1, -0.05) is 12.1 Å². The van der Waals surface area contributed by atoms with E-state index in [-0.39, 0.29) is 24.5 Å². The summed E-state index contributed by atoms with van der Waals surface area (Å²) in [7, 11) is 0. The van der Waals surface area contributed by atoms with Crippen LogP contribution in [0.4, 0.5) is 10.5 Å². The highest BCUT2D eigenvalue weighted by molar-refractivity contribution is 6.01. The zero-order valence-corrected chi connectivity index (χ0v) is 15.9. The van der Waals surface area contributed by atoms with Crippen molar-refractivity contribution in [1.82, 2.24) is 15.5 Å². The summed E-state index contributed by atoms with van der Waals surface area (Å²) >= 11 is 0. The maximum atomic E-state index is 12.1. The van der Waals surface area contributed by atoms with E-state index in [1.165, 1.54) is 0 Å². The maximum Gasteiger partial charge on any atom is 0.410 e. The number of hydrogen-bond donors (Lipinski definition) is 2. The number of nitrogens with zero attached hydrogens (tertiary/aromatic N) is 2. The molecule has 3 rings (SSSR count). The average Bonchev–Trinajstić information content (AvgIpc) is 2.61. The van der Waals surface area contributed by atoms with Gasteiger partial charge in [0.25, 0.3) is 0 Å². The Kier molecular flexibility index (Phi) is 5.36. The first-order valence-electron chi connectivity index (χ1n) is 9.13. The molecule has 2 fully saturated rings. The van der Waals surface area contributed by atoms with Gasteiger partial charge < -0.3 is 14.5 Å². The van der Waals surface area contributed by atoms with E-state index in [4.69, 9.17) is 4.74 Å². The van der Waals surface area contributed by atoms with Crippen molar-refractivity contribution in [1.29, 1.82) is 0 Å². The first-order chi connectivity index (χ1) is 12.7. The molecule has 27 heavy (non-hydrogen) atoms. The Hall–Kier alpha value is -2.61. The van der Waals surface area contributed by atoms with Crippen molar-refractivity contribution in [3.8, 4) is 0 Å². The second kappa shape index (κ2) is 7.56. The smallest absolute Gasteiger partial charge is 0.410 e. The summed E-state index contributed by atoms with van der Waals surface area (Å²) in [4.78, 5) is 39.2. The first kappa shape index (κ1) is 19.2. The van der Waals surface area contributed by atoms with Gasteiger partial charge >= 0.3 is 6.09 Å². The van der Waals surface area contributed by atoms with E-state index in [0.717, 1.165) is 24.3 Å². The standard InChI is InChI=1S/C19H26N4O4/c1-19(2,3)27-18(26)23-10-8-22(9-11-23)14-6-4-13(5-7-14)16-17(25)21-15(24)12-20-16/h4-7,16,20H,8-12H2,1-3H3,(H,21,24,25). The number of ether oxygens (including phenoxy) is 1. The molecule has 2 heterocycles. The van der Waals surface area contributed by atoms with Crippen LogP contribution in [0, 0.1) is 0 Å². The molecule has 0 aromatic heterocycles. The third-order valence-electron chi connectivity index (χ3n) is 4.51. The minimum Gasteiger partial charge on any atom is -0.444 e. The van der Waals surface area contributed by atoms with Crippen LogP contribution in [0.3, 0.4) is 0 Å². The third-order valence-corrected chi connectivity index (χ3v) is 4.51. The number of nitrogens with one attached hydrogen (secondary N) is 2. The monoisotopic (exact) mass is 374 g/mol. The predicted molar refractivity (Wildman–Crippen MR) is 100 cm³/mol. The van der Waals surface area contributed by atoms with Gasteiger partial charge in [-0.05, 0) is 38.5 Å². The Morgan fingerprint density at radius 1 is 1.07 bits per heavy atom. The van der Waals surface area contributed by atoms with Crippen LogP contribution in [-0.2, 0) is 14.3 Å². The van der Waals surface area contributed by atoms with Crippen LogP contribution in [0.25, 0.3) is 0 Å². The summed E-state index contributed by atoms with van der Waals surface area (Å²) in [6.45, 7) is 8.35. The number of rotatable bonds is 2. The summed E-state index contributed by atoms with van der Waals surface area (Å²) in [5.41, 5.74) is 1.36. The number of benzene rings is 1. The molecule has 2 aliphatic rings. The quantitative estimate of drug-likeness (QED) is 0.752. The molecule has 3 amide bonds. The molecule has 0 bridgehead atoms. The largest absolute Gasteiger partial charge is 0.444 e. The lowest BCUT2D eigenvalue weighted by Crippen LogP contribution is -2.51. The summed E-state index contributed by atoms with van der Waals surface area (Å²) in [5.74, 6) is -0.638. The molecule has 1 atom stereocenters. The Balaban J connectivity index is 1.57. The normalized spacial score (nSPS) is 21.1. The number of piperazine rings is 2. The Bertz CT molecular complexity index is 718. The van der Waals surface area contributed by atoms with E-state index in [2.05, 4.69) is 15.5 Å². The first-order valence-corrected chi connectivity index (χ1v) is 9.13. The van der Waals surface area contributed by atoms with Gasteiger partial charge in [0.15, 0.2) is 0 Å². The molecule has 1 unspecified atom stereocenters. The lowest BCUT2D eigenvalue weighted by atomic mass is 10.0. The average molecular weight is 374 g/mol. The van der Waals surface area contributed by atoms with Crippen molar-refractivity contribution in [3.05, 3.63) is 29.8 Å². The number of imide groups is 1. The van der Waals surface area contributed by atoms with Crippen LogP contribution < -0.4 is 15.5 Å². The fourth-order valence-corrected chi connectivity index (χ4v) is 3.16. The van der Waals surface area contributed by atoms with Gasteiger partial charge in [0, 0.05) is 31.9 Å². The number of anilines is 1. The highest BCUT2D eigenvalue weighted by Gasteiger charge is 2.28. The van der Waals surface area contributed by atoms with Crippen molar-refractivity contribution in [3.63, 3.8) is 0 Å². The molecule has 8 heteroatoms. The molecule has 0 saturated carbocycles. The van der Waals surface area contributed by atoms with E-state index in [1.807, 2.05) is 45.0 Å². The van der Waals surface area contributed by atoms with Crippen molar-refractivity contribution in [2.45, 2.75) is 32.4 Å². The van der Waals surface area contributed by atoms with E-state index in [0.29, 0.717) is 13.1 Å². The minimum absolute atomic E-state index is 0.130. The molecule has 1 aromatic rings. The van der Waals surface area contributed by atoms with Gasteiger partial charge in [-0.3, -0.25) is 20.2 Å². The van der Waals surface area contributed by atoms with Crippen molar-refractivity contribution in [2.24, 2.45) is 0 Å². The van der Waals surface area contributed by atoms with Crippen molar-refractivity contribution in [2.75, 3.05) is 37.6 Å². The fraction of sp³-hybridized carbons (Fsp3) is 0.526. The van der Waals surface area contributed by atoms with Crippen LogP contribution in [0.5, 0.6) is 0 Å². The van der Waals surface area contributed by atoms with Crippen LogP contribution >= 0.6 is 0 Å². The van der Waals surface area contributed by atoms with Crippen LogP contribution in [0.1, 0.15) is 32.4 Å². The summed E-state index contributed by atoms with van der Waals surface area (Å²) < 4.78 is 5.42. The zero-order valence-electron chi connectivity index (χ0n) is 15.9. The molecule has 0 spiro atoms. The lowest BCUT2D eigenvalue weighted by molar-refractivity contribution is -0.134. The zero-order chi connectivity index (χ0) is 19.6. The molecule has 2 aliphatic heterocycles. The Morgan fingerprint density at radius 2 is 1.70 bits per heavy atom. The predicted octanol–water partition coefficient (Wildman–Crippen LogP) is 1.03. The summed E-state index contributed by atoms with van der Waals surface area (Å²) in [5, 5.41) is 5.27. The van der Waals surface area contributed by atoms with Crippen molar-refractivity contribution < 1.29 is 19.1 Å². The number of carbonyl (C=O) groups excluding carboxylic acids is 3. The number of carbonyl (C=O) groups is 3. The molecule has 1 aromatic carbocycles. The van der Waals surface area contributed by atoms with Crippen LogP contribution in [0.2, 0.25) is 0 Å². The van der Waals surface area contributed by atoms with E-state index in [1.54, 1.807) is 4.90 Å². The number of hydrogen-bond acceptors (Lipinski definition) is 6. The molecule has 0 radical (unpaired) electrons. The van der Waals surface area contributed by atoms with Crippen molar-refractivity contribution >= 4 is 23.6 Å². The SMILES string of the molecule is CC(C)(C)OC(=O)N1CCN(c2ccc(C3NCC(=O)NC3=O)cc2)CC1. The van der Waals surface area contributed by atoms with Crippen LogP contribution in [0.15, 0.2) is 24.3 Å². The van der Waals surface area contributed by atoms with Gasteiger partial charge in [-0.2, -0.15) is 0 Å². The second-order valence-corrected chi connectivity index (χ2v) is 7.77. The molecule has 8 nitrogen and oxygen atoms in total. The Labute approximate surface area is 158 Å². The molecule has 2 N–H and O–H groups in total. The van der Waals surface area contributed by atoms with Gasteiger partial charge in [0.05, 0.1) is 6.54 Å². The summed E-state index contributed by atoms with van der Waals surface area (Å²) in [6, 6.07) is 7.19. The molecular formula is C19H26N4O4. The fourth-order valence-electron chi connectivity index (χ4n) is 3.16. The van der Waals surface area contributed by atoms with E-state index >= 15 is 0 Å². The van der Waals surface area contributed by atoms with E-state index in [9.17, 15) is 14.4 Å². The van der Waals surface area contributed by atoms with Gasteiger partial charge in [-0.25, -0.2) is 4.79 Å². The minimum atomic E-state index is -0.513.